The van der Waals surface area contributed by atoms with Crippen LogP contribution in [0.4, 0.5) is 4.79 Å². The topological polar surface area (TPSA) is 83.6 Å². The molecule has 0 spiro atoms. The van der Waals surface area contributed by atoms with Crippen LogP contribution in [0.3, 0.4) is 0 Å². The molecule has 1 aliphatic rings. The molecule has 0 radical (unpaired) electrons. The summed E-state index contributed by atoms with van der Waals surface area (Å²) in [5.74, 6) is -0.157. The van der Waals surface area contributed by atoms with E-state index in [9.17, 15) is 9.59 Å². The van der Waals surface area contributed by atoms with E-state index in [1.54, 1.807) is 43.5 Å². The van der Waals surface area contributed by atoms with Gasteiger partial charge in [-0.2, -0.15) is 5.10 Å². The molecule has 0 saturated heterocycles. The summed E-state index contributed by atoms with van der Waals surface area (Å²) in [6, 6.07) is 9.13. The van der Waals surface area contributed by atoms with Crippen LogP contribution in [0.1, 0.15) is 28.2 Å². The second kappa shape index (κ2) is 7.38. The van der Waals surface area contributed by atoms with Crippen LogP contribution in [0.25, 0.3) is 11.0 Å². The van der Waals surface area contributed by atoms with Gasteiger partial charge < -0.3 is 19.5 Å². The van der Waals surface area contributed by atoms with Gasteiger partial charge in [-0.1, -0.05) is 0 Å². The number of fused-ring (bicyclic) bond motifs is 2. The third-order valence-electron chi connectivity index (χ3n) is 4.86. The standard InChI is InChI=1S/C20H23N5O3/c1-23(2)20(27)24-7-3-8-25-17(13-24)11-16(22-25)12-21-19(26)15-4-5-18-14(10-15)6-9-28-18/h4-6,9-11H,3,7-8,12-13H2,1-2H3,(H,21,26). The Balaban J connectivity index is 1.43. The largest absolute Gasteiger partial charge is 0.464 e. The van der Waals surface area contributed by atoms with Gasteiger partial charge >= 0.3 is 6.03 Å². The van der Waals surface area contributed by atoms with Gasteiger partial charge in [-0.25, -0.2) is 4.79 Å². The highest BCUT2D eigenvalue weighted by Crippen LogP contribution is 2.18. The zero-order valence-corrected chi connectivity index (χ0v) is 16.0. The van der Waals surface area contributed by atoms with Crippen LogP contribution >= 0.6 is 0 Å². The third kappa shape index (κ3) is 3.58. The van der Waals surface area contributed by atoms with Gasteiger partial charge in [0.2, 0.25) is 0 Å². The van der Waals surface area contributed by atoms with Crippen molar-refractivity contribution >= 4 is 22.9 Å². The summed E-state index contributed by atoms with van der Waals surface area (Å²) < 4.78 is 7.24. The van der Waals surface area contributed by atoms with Crippen LogP contribution in [0, 0.1) is 0 Å². The highest BCUT2D eigenvalue weighted by Gasteiger charge is 2.21. The number of nitrogens with zero attached hydrogens (tertiary/aromatic N) is 4. The molecule has 0 unspecified atom stereocenters. The van der Waals surface area contributed by atoms with Gasteiger partial charge in [0, 0.05) is 38.1 Å². The molecule has 28 heavy (non-hydrogen) atoms. The SMILES string of the molecule is CN(C)C(=O)N1CCCn2nc(CNC(=O)c3ccc4occc4c3)cc2C1. The van der Waals surface area contributed by atoms with Crippen LogP contribution in [0.2, 0.25) is 0 Å². The molecule has 0 bridgehead atoms. The van der Waals surface area contributed by atoms with Crippen molar-refractivity contribution < 1.29 is 14.0 Å². The average Bonchev–Trinajstić information content (AvgIpc) is 3.26. The van der Waals surface area contributed by atoms with E-state index in [1.165, 1.54) is 0 Å². The van der Waals surface area contributed by atoms with Crippen molar-refractivity contribution in [2.45, 2.75) is 26.1 Å². The first-order valence-electron chi connectivity index (χ1n) is 9.28. The fourth-order valence-electron chi connectivity index (χ4n) is 3.44. The summed E-state index contributed by atoms with van der Waals surface area (Å²) in [7, 11) is 3.51. The van der Waals surface area contributed by atoms with Gasteiger partial charge in [0.15, 0.2) is 0 Å². The second-order valence-electron chi connectivity index (χ2n) is 7.16. The number of hydrogen-bond acceptors (Lipinski definition) is 4. The highest BCUT2D eigenvalue weighted by molar-refractivity contribution is 5.97. The maximum Gasteiger partial charge on any atom is 0.319 e. The summed E-state index contributed by atoms with van der Waals surface area (Å²) in [5.41, 5.74) is 3.10. The quantitative estimate of drug-likeness (QED) is 0.755. The summed E-state index contributed by atoms with van der Waals surface area (Å²) in [6.07, 6.45) is 2.46. The van der Waals surface area contributed by atoms with E-state index >= 15 is 0 Å². The Hall–Kier alpha value is -3.29. The minimum Gasteiger partial charge on any atom is -0.464 e. The number of urea groups is 1. The van der Waals surface area contributed by atoms with Gasteiger partial charge in [0.1, 0.15) is 5.58 Å². The molecular weight excluding hydrogens is 358 g/mol. The van der Waals surface area contributed by atoms with Crippen LogP contribution in [-0.2, 0) is 19.6 Å². The molecule has 0 aliphatic carbocycles. The zero-order chi connectivity index (χ0) is 19.7. The lowest BCUT2D eigenvalue weighted by atomic mass is 10.1. The number of carbonyl (C=O) groups is 2. The van der Waals surface area contributed by atoms with E-state index in [4.69, 9.17) is 4.42 Å². The molecule has 1 N–H and O–H groups in total. The summed E-state index contributed by atoms with van der Waals surface area (Å²) >= 11 is 0. The molecule has 4 rings (SSSR count). The molecule has 2 aromatic heterocycles. The Kier molecular flexibility index (Phi) is 4.77. The van der Waals surface area contributed by atoms with Crippen molar-refractivity contribution in [2.24, 2.45) is 0 Å². The molecule has 3 amide bonds. The van der Waals surface area contributed by atoms with Gasteiger partial charge in [-0.15, -0.1) is 0 Å². The Morgan fingerprint density at radius 3 is 2.89 bits per heavy atom. The number of aryl methyl sites for hydroxylation is 1. The Morgan fingerprint density at radius 2 is 2.07 bits per heavy atom. The van der Waals surface area contributed by atoms with E-state index in [2.05, 4.69) is 10.4 Å². The summed E-state index contributed by atoms with van der Waals surface area (Å²) in [5, 5.41) is 8.40. The molecule has 0 fully saturated rings. The lowest BCUT2D eigenvalue weighted by Gasteiger charge is -2.23. The zero-order valence-electron chi connectivity index (χ0n) is 16.0. The highest BCUT2D eigenvalue weighted by atomic mass is 16.3. The maximum atomic E-state index is 12.5. The average molecular weight is 381 g/mol. The van der Waals surface area contributed by atoms with Gasteiger partial charge in [0.05, 0.1) is 30.7 Å². The minimum atomic E-state index is -0.157. The Labute approximate surface area is 162 Å². The normalized spacial score (nSPS) is 13.9. The van der Waals surface area contributed by atoms with Crippen LogP contribution in [0.15, 0.2) is 41.0 Å². The minimum absolute atomic E-state index is 0.000795. The van der Waals surface area contributed by atoms with E-state index < -0.39 is 0 Å². The predicted molar refractivity (Wildman–Crippen MR) is 104 cm³/mol. The predicted octanol–water partition coefficient (Wildman–Crippen LogP) is 2.45. The van der Waals surface area contributed by atoms with Crippen LogP contribution in [-0.4, -0.2) is 52.2 Å². The first-order valence-corrected chi connectivity index (χ1v) is 9.28. The number of aromatic nitrogens is 2. The van der Waals surface area contributed by atoms with E-state index in [1.807, 2.05) is 21.7 Å². The lowest BCUT2D eigenvalue weighted by molar-refractivity contribution is 0.0950. The maximum absolute atomic E-state index is 12.5. The summed E-state index contributed by atoms with van der Waals surface area (Å²) in [6.45, 7) is 2.33. The fraction of sp³-hybridized carbons (Fsp3) is 0.350. The van der Waals surface area contributed by atoms with Crippen LogP contribution in [0.5, 0.6) is 0 Å². The first kappa shape index (κ1) is 18.1. The Morgan fingerprint density at radius 1 is 1.21 bits per heavy atom. The number of benzene rings is 1. The molecule has 146 valence electrons. The lowest BCUT2D eigenvalue weighted by Crippen LogP contribution is -2.38. The fourth-order valence-corrected chi connectivity index (χ4v) is 3.44. The van der Waals surface area contributed by atoms with Crippen molar-refractivity contribution in [3.63, 3.8) is 0 Å². The van der Waals surface area contributed by atoms with Crippen molar-refractivity contribution in [1.82, 2.24) is 24.9 Å². The number of rotatable bonds is 3. The van der Waals surface area contributed by atoms with Gasteiger partial charge in [-0.3, -0.25) is 9.48 Å². The second-order valence-corrected chi connectivity index (χ2v) is 7.16. The van der Waals surface area contributed by atoms with Crippen molar-refractivity contribution in [3.8, 4) is 0 Å². The number of amides is 3. The molecule has 1 aromatic carbocycles. The van der Waals surface area contributed by atoms with Crippen molar-refractivity contribution in [2.75, 3.05) is 20.6 Å². The first-order chi connectivity index (χ1) is 13.5. The molecular formula is C20H23N5O3. The van der Waals surface area contributed by atoms with Gasteiger partial charge in [0.25, 0.3) is 5.91 Å². The van der Waals surface area contributed by atoms with Crippen molar-refractivity contribution in [1.29, 1.82) is 0 Å². The van der Waals surface area contributed by atoms with Crippen molar-refractivity contribution in [3.05, 3.63) is 53.5 Å². The molecule has 3 heterocycles. The third-order valence-corrected chi connectivity index (χ3v) is 4.86. The summed E-state index contributed by atoms with van der Waals surface area (Å²) in [4.78, 5) is 28.1. The van der Waals surface area contributed by atoms with Gasteiger partial charge in [-0.05, 0) is 36.8 Å². The van der Waals surface area contributed by atoms with Crippen LogP contribution < -0.4 is 5.32 Å². The smallest absolute Gasteiger partial charge is 0.319 e. The number of furan rings is 1. The molecule has 0 saturated carbocycles. The number of hydrogen-bond donors (Lipinski definition) is 1. The molecule has 1 aliphatic heterocycles. The van der Waals surface area contributed by atoms with E-state index in [0.717, 1.165) is 35.3 Å². The molecule has 8 nitrogen and oxygen atoms in total. The number of carbonyl (C=O) groups excluding carboxylic acids is 2. The molecule has 8 heteroatoms. The van der Waals surface area contributed by atoms with E-state index in [0.29, 0.717) is 25.2 Å². The molecule has 3 aromatic rings. The Bertz CT molecular complexity index is 1020. The number of nitrogens with one attached hydrogen (secondary N) is 1. The van der Waals surface area contributed by atoms with E-state index in [-0.39, 0.29) is 11.9 Å². The molecule has 0 atom stereocenters. The monoisotopic (exact) mass is 381 g/mol.